The lowest BCUT2D eigenvalue weighted by molar-refractivity contribution is 0.331. The summed E-state index contributed by atoms with van der Waals surface area (Å²) in [4.78, 5) is 8.79. The molecule has 34 heavy (non-hydrogen) atoms. The third kappa shape index (κ3) is 4.94. The Morgan fingerprint density at radius 2 is 1.74 bits per heavy atom. The van der Waals surface area contributed by atoms with Gasteiger partial charge in [-0.05, 0) is 42.3 Å². The Kier molecular flexibility index (Phi) is 6.25. The van der Waals surface area contributed by atoms with Crippen LogP contribution in [0, 0.1) is 12.3 Å². The van der Waals surface area contributed by atoms with E-state index in [0.717, 1.165) is 35.4 Å². The Labute approximate surface area is 198 Å². The predicted molar refractivity (Wildman–Crippen MR) is 132 cm³/mol. The van der Waals surface area contributed by atoms with Crippen LogP contribution in [0.15, 0.2) is 72.8 Å². The van der Waals surface area contributed by atoms with Crippen molar-refractivity contribution in [3.8, 4) is 29.6 Å². The number of terminal acetylenes is 1. The standard InChI is InChI=1S/C23H17N3O2.C4H7NO/c1-3-22-25-19-12-8-7-11-18(19)23(26-22)24-16-13-14-20(21(15-16)27-2)28-17-9-5-4-6-10-17;1-3-4(6-3)2-5-1/h1,4-15H,2H3,(H,24,25,26);3-5H,1-2H2. The van der Waals surface area contributed by atoms with Crippen molar-refractivity contribution >= 4 is 22.4 Å². The van der Waals surface area contributed by atoms with Crippen LogP contribution < -0.4 is 20.1 Å². The van der Waals surface area contributed by atoms with Crippen molar-refractivity contribution in [1.82, 2.24) is 15.3 Å². The highest BCUT2D eigenvalue weighted by molar-refractivity contribution is 5.91. The lowest BCUT2D eigenvalue weighted by atomic mass is 10.2. The van der Waals surface area contributed by atoms with E-state index in [1.807, 2.05) is 72.8 Å². The van der Waals surface area contributed by atoms with Crippen molar-refractivity contribution in [2.75, 3.05) is 25.5 Å². The van der Waals surface area contributed by atoms with Gasteiger partial charge >= 0.3 is 0 Å². The van der Waals surface area contributed by atoms with Crippen molar-refractivity contribution < 1.29 is 14.2 Å². The number of fused-ring (bicyclic) bond motifs is 2. The van der Waals surface area contributed by atoms with Crippen LogP contribution in [-0.4, -0.2) is 42.4 Å². The Balaban J connectivity index is 0.000000343. The van der Waals surface area contributed by atoms with E-state index in [2.05, 4.69) is 26.5 Å². The normalized spacial score (nSPS) is 17.6. The molecule has 1 aromatic heterocycles. The summed E-state index contributed by atoms with van der Waals surface area (Å²) in [5.41, 5.74) is 1.58. The first-order valence-corrected chi connectivity index (χ1v) is 11.0. The minimum Gasteiger partial charge on any atom is -0.493 e. The maximum atomic E-state index is 5.91. The highest BCUT2D eigenvalue weighted by Gasteiger charge is 2.42. The van der Waals surface area contributed by atoms with E-state index in [4.69, 9.17) is 20.6 Å². The fourth-order valence-corrected chi connectivity index (χ4v) is 3.72. The SMILES string of the molecule is C#Cc1nc(Nc2ccc(Oc3ccccc3)c(OC)c2)c2ccccc2n1.C1NCC2OC12. The first kappa shape index (κ1) is 21.7. The summed E-state index contributed by atoms with van der Waals surface area (Å²) in [6.45, 7) is 2.18. The quantitative estimate of drug-likeness (QED) is 0.341. The number of nitrogens with one attached hydrogen (secondary N) is 2. The number of aromatic nitrogens is 2. The molecule has 4 aromatic rings. The van der Waals surface area contributed by atoms with Gasteiger partial charge in [-0.15, -0.1) is 6.42 Å². The minimum atomic E-state index is 0.331. The van der Waals surface area contributed by atoms with Crippen LogP contribution in [0.25, 0.3) is 10.9 Å². The second-order valence-corrected chi connectivity index (χ2v) is 7.83. The number of nitrogens with zero attached hydrogens (tertiary/aromatic N) is 2. The average molecular weight is 453 g/mol. The summed E-state index contributed by atoms with van der Waals surface area (Å²) in [6, 6.07) is 22.8. The Bertz CT molecular complexity index is 1330. The molecule has 3 heterocycles. The molecule has 0 aliphatic carbocycles. The van der Waals surface area contributed by atoms with Crippen LogP contribution >= 0.6 is 0 Å². The highest BCUT2D eigenvalue weighted by atomic mass is 16.6. The number of ether oxygens (including phenoxy) is 3. The van der Waals surface area contributed by atoms with Crippen molar-refractivity contribution in [3.05, 3.63) is 78.6 Å². The van der Waals surface area contributed by atoms with Crippen molar-refractivity contribution in [2.24, 2.45) is 0 Å². The van der Waals surface area contributed by atoms with Crippen molar-refractivity contribution in [2.45, 2.75) is 12.2 Å². The zero-order valence-corrected chi connectivity index (χ0v) is 18.7. The summed E-state index contributed by atoms with van der Waals surface area (Å²) in [7, 11) is 1.60. The van der Waals surface area contributed by atoms with Gasteiger partial charge in [0.1, 0.15) is 11.6 Å². The number of epoxide rings is 1. The van der Waals surface area contributed by atoms with E-state index in [1.165, 1.54) is 0 Å². The molecule has 2 aliphatic heterocycles. The van der Waals surface area contributed by atoms with E-state index in [9.17, 15) is 0 Å². The number of hydrogen-bond donors (Lipinski definition) is 2. The predicted octanol–water partition coefficient (Wildman–Crippen LogP) is 4.51. The molecule has 7 heteroatoms. The minimum absolute atomic E-state index is 0.331. The van der Waals surface area contributed by atoms with Crippen LogP contribution in [-0.2, 0) is 4.74 Å². The lowest BCUT2D eigenvalue weighted by Crippen LogP contribution is -2.13. The van der Waals surface area contributed by atoms with Gasteiger partial charge in [-0.3, -0.25) is 0 Å². The molecule has 2 atom stereocenters. The largest absolute Gasteiger partial charge is 0.493 e. The molecular weight excluding hydrogens is 428 g/mol. The van der Waals surface area contributed by atoms with Crippen LogP contribution in [0.1, 0.15) is 5.82 Å². The fourth-order valence-electron chi connectivity index (χ4n) is 3.72. The van der Waals surface area contributed by atoms with E-state index in [-0.39, 0.29) is 0 Å². The molecule has 170 valence electrons. The summed E-state index contributed by atoms with van der Waals surface area (Å²) in [5.74, 6) is 5.43. The number of methoxy groups -OCH3 is 1. The number of benzene rings is 3. The van der Waals surface area contributed by atoms with Crippen LogP contribution in [0.2, 0.25) is 0 Å². The van der Waals surface area contributed by atoms with E-state index in [1.54, 1.807) is 7.11 Å². The van der Waals surface area contributed by atoms with Gasteiger partial charge in [0.25, 0.3) is 0 Å². The zero-order chi connectivity index (χ0) is 23.3. The second-order valence-electron chi connectivity index (χ2n) is 7.83. The topological polar surface area (TPSA) is 80.8 Å². The molecule has 2 aliphatic rings. The maximum absolute atomic E-state index is 5.91. The van der Waals surface area contributed by atoms with Crippen molar-refractivity contribution in [1.29, 1.82) is 0 Å². The molecule has 2 unspecified atom stereocenters. The number of rotatable bonds is 5. The first-order chi connectivity index (χ1) is 16.7. The Morgan fingerprint density at radius 1 is 0.971 bits per heavy atom. The molecule has 6 rings (SSSR count). The molecule has 0 spiro atoms. The average Bonchev–Trinajstić information content (AvgIpc) is 3.49. The number of para-hydroxylation sites is 2. The monoisotopic (exact) mass is 452 g/mol. The van der Waals surface area contributed by atoms with Crippen molar-refractivity contribution in [3.63, 3.8) is 0 Å². The van der Waals surface area contributed by atoms with Gasteiger partial charge in [0.15, 0.2) is 11.5 Å². The third-order valence-electron chi connectivity index (χ3n) is 5.51. The molecule has 2 fully saturated rings. The number of hydrogen-bond acceptors (Lipinski definition) is 7. The molecular formula is C27H24N4O3. The molecule has 3 aromatic carbocycles. The Hall–Kier alpha value is -4.12. The fraction of sp³-hybridized carbons (Fsp3) is 0.185. The second kappa shape index (κ2) is 9.79. The number of anilines is 2. The van der Waals surface area contributed by atoms with Crippen LogP contribution in [0.4, 0.5) is 11.5 Å². The van der Waals surface area contributed by atoms with E-state index in [0.29, 0.717) is 35.3 Å². The highest BCUT2D eigenvalue weighted by Crippen LogP contribution is 2.35. The zero-order valence-electron chi connectivity index (χ0n) is 18.7. The van der Waals surface area contributed by atoms with Crippen LogP contribution in [0.5, 0.6) is 17.2 Å². The molecule has 7 nitrogen and oxygen atoms in total. The number of morpholine rings is 1. The van der Waals surface area contributed by atoms with E-state index < -0.39 is 0 Å². The lowest BCUT2D eigenvalue weighted by Gasteiger charge is -2.14. The van der Waals surface area contributed by atoms with Gasteiger partial charge in [-0.25, -0.2) is 9.97 Å². The molecule has 2 saturated heterocycles. The summed E-state index contributed by atoms with van der Waals surface area (Å²) < 4.78 is 16.5. The van der Waals surface area contributed by atoms with E-state index >= 15 is 0 Å². The summed E-state index contributed by atoms with van der Waals surface area (Å²) in [6.07, 6.45) is 6.71. The maximum Gasteiger partial charge on any atom is 0.207 e. The van der Waals surface area contributed by atoms with Gasteiger partial charge in [-0.2, -0.15) is 0 Å². The molecule has 0 saturated carbocycles. The third-order valence-corrected chi connectivity index (χ3v) is 5.51. The van der Waals surface area contributed by atoms with Gasteiger partial charge in [0.05, 0.1) is 24.8 Å². The summed E-state index contributed by atoms with van der Waals surface area (Å²) >= 11 is 0. The molecule has 0 bridgehead atoms. The van der Waals surface area contributed by atoms with Gasteiger partial charge < -0.3 is 24.8 Å². The first-order valence-electron chi connectivity index (χ1n) is 11.0. The molecule has 0 amide bonds. The van der Waals surface area contributed by atoms with Gasteiger partial charge in [0.2, 0.25) is 5.82 Å². The Morgan fingerprint density at radius 3 is 2.41 bits per heavy atom. The van der Waals surface area contributed by atoms with Gasteiger partial charge in [0, 0.05) is 30.2 Å². The van der Waals surface area contributed by atoms with Gasteiger partial charge in [-0.1, -0.05) is 30.3 Å². The smallest absolute Gasteiger partial charge is 0.207 e. The molecule has 2 N–H and O–H groups in total. The van der Waals surface area contributed by atoms with Crippen LogP contribution in [0.3, 0.4) is 0 Å². The summed E-state index contributed by atoms with van der Waals surface area (Å²) in [5, 5.41) is 7.38. The molecule has 0 radical (unpaired) electrons.